The first-order chi connectivity index (χ1) is 69.9. The first-order valence-electron chi connectivity index (χ1n) is 47.7. The number of aromatic nitrogens is 6. The summed E-state index contributed by atoms with van der Waals surface area (Å²) in [6.45, 7) is 0. The SMILES string of the molecule is c1ccc(-c2nc3ccccc3c3c(-c4cccc(-c5ccc(-c6ccc7ccccc7n6)cc5)c4)c4c(cc23)oc2ccccc24)cc1.c1ccc(-c2nc3ccccc3c3c(-c4cccc(-c5ccc6ccccc6n5)c4)c4c(cc23)oc2ccccc24)cc1.c1ccc(-c2nc3ccccc3c3c(-c4cccc(-c5cccc(-c6ccc7ccccc7n6)c5)c4)c4c(cc23)oc2ccccc24)cc1. The van der Waals surface area contributed by atoms with E-state index in [1.54, 1.807) is 0 Å². The van der Waals surface area contributed by atoms with Gasteiger partial charge in [-0.25, -0.2) is 29.9 Å². The van der Waals surface area contributed by atoms with Gasteiger partial charge in [0, 0.05) is 147 Å². The molecule has 141 heavy (non-hydrogen) atoms. The quantitative estimate of drug-likeness (QED) is 0.117. The van der Waals surface area contributed by atoms with Crippen molar-refractivity contribution in [2.45, 2.75) is 0 Å². The maximum Gasteiger partial charge on any atom is 0.136 e. The molecular formula is C132H80N6O3. The maximum atomic E-state index is 6.60. The van der Waals surface area contributed by atoms with Crippen molar-refractivity contribution in [1.82, 2.24) is 29.9 Å². The standard InChI is InChI=1S/2C46H28N2O.C40H24N2O/c1-2-13-30(14-3-1)46-37-28-42-45(36-20-6-9-23-41(36)49-42)43(44(37)35-19-5-8-22-40(35)48-46)34-18-11-16-32(27-34)31-15-10-17-33(26-31)39-25-24-29-12-4-7-21-38(29)47-39;1-2-12-32(13-3-1)46-37-28-42-45(36-17-6-9-20-41(36)49-42)43(44(37)35-16-5-8-19-40(35)48-46)34-15-10-14-33(27-34)29-21-23-31(24-22-29)39-26-25-30-11-4-7-18-38(30)47-39;1-2-12-26(13-3-1)40-31-24-36-39(30-17-6-9-20-35(30)43-36)37(38(31)29-16-5-8-19-34(29)42-40)28-15-10-14-27(23-28)33-22-21-25-11-4-7-18-32(25)41-33/h2*1-28H;1-24H. The second-order valence-electron chi connectivity index (χ2n) is 36.0. The van der Waals surface area contributed by atoms with Gasteiger partial charge in [0.2, 0.25) is 0 Å². The Morgan fingerprint density at radius 1 is 0.128 bits per heavy atom. The summed E-state index contributed by atoms with van der Waals surface area (Å²) in [7, 11) is 0. The van der Waals surface area contributed by atoms with E-state index in [0.717, 1.165) is 271 Å². The van der Waals surface area contributed by atoms with Crippen LogP contribution in [0.5, 0.6) is 0 Å². The molecule has 9 heteroatoms. The summed E-state index contributed by atoms with van der Waals surface area (Å²) >= 11 is 0. The molecule has 20 aromatic carbocycles. The third kappa shape index (κ3) is 14.4. The lowest BCUT2D eigenvalue weighted by molar-refractivity contribution is 0.669. The van der Waals surface area contributed by atoms with E-state index >= 15 is 0 Å². The highest BCUT2D eigenvalue weighted by Crippen LogP contribution is 2.52. The van der Waals surface area contributed by atoms with Crippen molar-refractivity contribution in [2.24, 2.45) is 0 Å². The normalized spacial score (nSPS) is 11.7. The lowest BCUT2D eigenvalue weighted by Crippen LogP contribution is -1.93. The highest BCUT2D eigenvalue weighted by Gasteiger charge is 2.28. The molecule has 0 bridgehead atoms. The van der Waals surface area contributed by atoms with E-state index < -0.39 is 0 Å². The Hall–Kier alpha value is -19.0. The first kappa shape index (κ1) is 81.6. The van der Waals surface area contributed by atoms with Crippen LogP contribution in [0, 0.1) is 0 Å². The molecule has 0 aliphatic carbocycles. The number of rotatable bonds is 11. The molecule has 9 heterocycles. The molecule has 0 aliphatic rings. The predicted octanol–water partition coefficient (Wildman–Crippen LogP) is 35.8. The van der Waals surface area contributed by atoms with Crippen LogP contribution >= 0.6 is 0 Å². The maximum absolute atomic E-state index is 6.60. The molecule has 0 aliphatic heterocycles. The van der Waals surface area contributed by atoms with Crippen LogP contribution in [0.15, 0.2) is 499 Å². The highest BCUT2D eigenvalue weighted by molar-refractivity contribution is 6.31. The lowest BCUT2D eigenvalue weighted by atomic mass is 9.88. The molecule has 0 saturated heterocycles. The Balaban J connectivity index is 0.000000106. The van der Waals surface area contributed by atoms with E-state index in [2.05, 4.69) is 413 Å². The van der Waals surface area contributed by atoms with Crippen LogP contribution in [0.3, 0.4) is 0 Å². The molecule has 29 rings (SSSR count). The molecule has 0 unspecified atom stereocenters. The van der Waals surface area contributed by atoms with Crippen LogP contribution in [-0.4, -0.2) is 29.9 Å². The molecule has 656 valence electrons. The van der Waals surface area contributed by atoms with Gasteiger partial charge in [0.25, 0.3) is 0 Å². The van der Waals surface area contributed by atoms with Crippen molar-refractivity contribution < 1.29 is 13.3 Å². The number of pyridine rings is 6. The summed E-state index contributed by atoms with van der Waals surface area (Å²) in [4.78, 5) is 30.6. The fourth-order valence-corrected chi connectivity index (χ4v) is 21.2. The number of para-hydroxylation sites is 9. The van der Waals surface area contributed by atoms with Crippen LogP contribution in [0.4, 0.5) is 0 Å². The third-order valence-corrected chi connectivity index (χ3v) is 27.7. The second kappa shape index (κ2) is 34.1. The van der Waals surface area contributed by atoms with E-state index in [1.165, 1.54) is 16.2 Å². The van der Waals surface area contributed by atoms with Gasteiger partial charge in [0.1, 0.15) is 33.5 Å². The zero-order chi connectivity index (χ0) is 93.0. The molecule has 9 nitrogen and oxygen atoms in total. The summed E-state index contributed by atoms with van der Waals surface area (Å²) in [6.07, 6.45) is 0. The van der Waals surface area contributed by atoms with Gasteiger partial charge in [-0.15, -0.1) is 0 Å². The highest BCUT2D eigenvalue weighted by atomic mass is 16.3. The largest absolute Gasteiger partial charge is 0.456 e. The summed E-state index contributed by atoms with van der Waals surface area (Å²) in [5.74, 6) is 0. The van der Waals surface area contributed by atoms with Crippen molar-refractivity contribution in [1.29, 1.82) is 0 Å². The third-order valence-electron chi connectivity index (χ3n) is 27.7. The summed E-state index contributed by atoms with van der Waals surface area (Å²) in [5.41, 5.74) is 34.7. The van der Waals surface area contributed by atoms with Crippen LogP contribution in [0.25, 0.3) is 287 Å². The minimum Gasteiger partial charge on any atom is -0.456 e. The van der Waals surface area contributed by atoms with Gasteiger partial charge in [-0.05, 0) is 154 Å². The van der Waals surface area contributed by atoms with E-state index in [-0.39, 0.29) is 0 Å². The van der Waals surface area contributed by atoms with Crippen molar-refractivity contribution in [3.8, 4) is 123 Å². The van der Waals surface area contributed by atoms with E-state index in [1.807, 2.05) is 72.8 Å². The molecular weight excluding hydrogens is 1720 g/mol. The van der Waals surface area contributed by atoms with E-state index in [4.69, 9.17) is 43.2 Å². The second-order valence-corrected chi connectivity index (χ2v) is 36.0. The molecule has 0 fully saturated rings. The average Bonchev–Trinajstić information content (AvgIpc) is 1.66. The molecule has 0 N–H and O–H groups in total. The number of hydrogen-bond acceptors (Lipinski definition) is 9. The molecule has 0 atom stereocenters. The van der Waals surface area contributed by atoms with E-state index in [0.29, 0.717) is 0 Å². The zero-order valence-electron chi connectivity index (χ0n) is 76.1. The summed E-state index contributed by atoms with van der Waals surface area (Å²) < 4.78 is 19.7. The molecule has 29 aromatic rings. The van der Waals surface area contributed by atoms with Gasteiger partial charge in [0.05, 0.1) is 67.3 Å². The van der Waals surface area contributed by atoms with Crippen molar-refractivity contribution in [2.75, 3.05) is 0 Å². The summed E-state index contributed by atoms with van der Waals surface area (Å²) in [5, 5.41) is 20.2. The first-order valence-corrected chi connectivity index (χ1v) is 47.7. The predicted molar refractivity (Wildman–Crippen MR) is 585 cm³/mol. The topological polar surface area (TPSA) is 117 Å². The number of fused-ring (bicyclic) bond motifs is 21. The van der Waals surface area contributed by atoms with Crippen LogP contribution in [-0.2, 0) is 0 Å². The van der Waals surface area contributed by atoms with Crippen LogP contribution < -0.4 is 0 Å². The minimum absolute atomic E-state index is 0.854. The van der Waals surface area contributed by atoms with E-state index in [9.17, 15) is 0 Å². The Morgan fingerprint density at radius 2 is 0.376 bits per heavy atom. The van der Waals surface area contributed by atoms with Gasteiger partial charge >= 0.3 is 0 Å². The van der Waals surface area contributed by atoms with Gasteiger partial charge in [0.15, 0.2) is 0 Å². The van der Waals surface area contributed by atoms with Crippen molar-refractivity contribution in [3.05, 3.63) is 485 Å². The Bertz CT molecular complexity index is 10100. The van der Waals surface area contributed by atoms with Crippen LogP contribution in [0.2, 0.25) is 0 Å². The number of nitrogens with zero attached hydrogens (tertiary/aromatic N) is 6. The number of benzene rings is 20. The molecule has 0 amide bonds. The van der Waals surface area contributed by atoms with Crippen LogP contribution in [0.1, 0.15) is 0 Å². The number of hydrogen-bond donors (Lipinski definition) is 0. The fourth-order valence-electron chi connectivity index (χ4n) is 21.2. The van der Waals surface area contributed by atoms with Gasteiger partial charge in [-0.2, -0.15) is 0 Å². The molecule has 0 radical (unpaired) electrons. The molecule has 0 spiro atoms. The summed E-state index contributed by atoms with van der Waals surface area (Å²) in [6, 6.07) is 170. The zero-order valence-corrected chi connectivity index (χ0v) is 76.1. The molecule has 0 saturated carbocycles. The van der Waals surface area contributed by atoms with Gasteiger partial charge < -0.3 is 13.3 Å². The van der Waals surface area contributed by atoms with Crippen molar-refractivity contribution in [3.63, 3.8) is 0 Å². The fraction of sp³-hybridized carbons (Fsp3) is 0. The van der Waals surface area contributed by atoms with Crippen molar-refractivity contribution >= 4 is 164 Å². The average molecular weight is 1800 g/mol. The monoisotopic (exact) mass is 1800 g/mol. The number of furan rings is 3. The smallest absolute Gasteiger partial charge is 0.136 e. The Morgan fingerprint density at radius 3 is 0.723 bits per heavy atom. The Labute approximate surface area is 809 Å². The Kier molecular flexibility index (Phi) is 19.8. The minimum atomic E-state index is 0.854. The lowest BCUT2D eigenvalue weighted by Gasteiger charge is -2.16. The van der Waals surface area contributed by atoms with Gasteiger partial charge in [-0.3, -0.25) is 0 Å². The van der Waals surface area contributed by atoms with Gasteiger partial charge in [-0.1, -0.05) is 370 Å². The molecule has 9 aromatic heterocycles.